The lowest BCUT2D eigenvalue weighted by Crippen LogP contribution is -2.47. The number of carbonyl (C=O) groups is 2. The Balaban J connectivity index is 1.86. The summed E-state index contributed by atoms with van der Waals surface area (Å²) in [5, 5.41) is 0.475. The highest BCUT2D eigenvalue weighted by Gasteiger charge is 2.23. The Kier molecular flexibility index (Phi) is 5.38. The molecule has 0 spiro atoms. The van der Waals surface area contributed by atoms with Gasteiger partial charge in [0.15, 0.2) is 0 Å². The largest absolute Gasteiger partial charge is 0.465 e. The smallest absolute Gasteiger partial charge is 0.348 e. The van der Waals surface area contributed by atoms with Crippen LogP contribution in [0.5, 0.6) is 0 Å². The Morgan fingerprint density at radius 2 is 1.96 bits per heavy atom. The van der Waals surface area contributed by atoms with Crippen LogP contribution in [0, 0.1) is 0 Å². The third-order valence-corrected chi connectivity index (χ3v) is 5.73. The Labute approximate surface area is 154 Å². The minimum Gasteiger partial charge on any atom is -0.465 e. The molecule has 140 valence electrons. The normalized spacial score (nSPS) is 15.4. The summed E-state index contributed by atoms with van der Waals surface area (Å²) in [6.07, 6.45) is 0.557. The van der Waals surface area contributed by atoms with Gasteiger partial charge in [-0.2, -0.15) is 0 Å². The summed E-state index contributed by atoms with van der Waals surface area (Å²) in [6.45, 7) is 6.79. The number of hydrogen-bond donors (Lipinski definition) is 1. The van der Waals surface area contributed by atoms with Crippen molar-refractivity contribution in [3.05, 3.63) is 26.6 Å². The number of esters is 1. The predicted octanol–water partition coefficient (Wildman–Crippen LogP) is 0.998. The van der Waals surface area contributed by atoms with Gasteiger partial charge in [-0.3, -0.25) is 14.5 Å². The van der Waals surface area contributed by atoms with E-state index in [0.717, 1.165) is 13.1 Å². The first-order valence-corrected chi connectivity index (χ1v) is 9.37. The second kappa shape index (κ2) is 7.55. The molecule has 0 atom stereocenters. The van der Waals surface area contributed by atoms with E-state index >= 15 is 0 Å². The fourth-order valence-corrected chi connectivity index (χ4v) is 4.41. The van der Waals surface area contributed by atoms with Crippen molar-refractivity contribution in [1.82, 2.24) is 19.8 Å². The molecule has 1 amide bonds. The molecule has 0 aromatic carbocycles. The van der Waals surface area contributed by atoms with Crippen molar-refractivity contribution in [2.75, 3.05) is 33.3 Å². The van der Waals surface area contributed by atoms with Crippen LogP contribution in [0.4, 0.5) is 0 Å². The van der Waals surface area contributed by atoms with Crippen molar-refractivity contribution in [3.63, 3.8) is 0 Å². The van der Waals surface area contributed by atoms with E-state index in [0.29, 0.717) is 52.5 Å². The lowest BCUT2D eigenvalue weighted by atomic mass is 10.1. The van der Waals surface area contributed by atoms with Gasteiger partial charge in [0, 0.05) is 33.1 Å². The van der Waals surface area contributed by atoms with Crippen LogP contribution in [-0.2, 0) is 22.5 Å². The van der Waals surface area contributed by atoms with Crippen molar-refractivity contribution in [1.29, 1.82) is 0 Å². The summed E-state index contributed by atoms with van der Waals surface area (Å²) < 4.78 is 4.82. The Hall–Kier alpha value is -2.26. The first kappa shape index (κ1) is 18.5. The standard InChI is InChI=1S/C17H22N4O4S/c1-4-11-13-15(23)18-12(19-16(13)26-14(11)17(24)25-3)9-20-5-7-21(8-6-20)10(2)22/h4-9H2,1-3H3,(H,18,19,23). The van der Waals surface area contributed by atoms with Gasteiger partial charge in [0.25, 0.3) is 5.56 Å². The monoisotopic (exact) mass is 378 g/mol. The van der Waals surface area contributed by atoms with Crippen LogP contribution in [0.2, 0.25) is 0 Å². The van der Waals surface area contributed by atoms with E-state index in [1.807, 2.05) is 11.8 Å². The van der Waals surface area contributed by atoms with Crippen LogP contribution in [0.3, 0.4) is 0 Å². The van der Waals surface area contributed by atoms with Crippen LogP contribution < -0.4 is 5.56 Å². The highest BCUT2D eigenvalue weighted by atomic mass is 32.1. The minimum atomic E-state index is -0.439. The number of fused-ring (bicyclic) bond motifs is 1. The molecule has 3 rings (SSSR count). The number of amides is 1. The molecule has 1 N–H and O–H groups in total. The molecule has 8 nitrogen and oxygen atoms in total. The lowest BCUT2D eigenvalue weighted by molar-refractivity contribution is -0.130. The van der Waals surface area contributed by atoms with Gasteiger partial charge in [-0.1, -0.05) is 6.92 Å². The average Bonchev–Trinajstić information content (AvgIpc) is 3.00. The Morgan fingerprint density at radius 1 is 1.27 bits per heavy atom. The lowest BCUT2D eigenvalue weighted by Gasteiger charge is -2.33. The van der Waals surface area contributed by atoms with Gasteiger partial charge in [0.05, 0.1) is 19.0 Å². The maximum atomic E-state index is 12.6. The number of aromatic nitrogens is 2. The van der Waals surface area contributed by atoms with E-state index in [9.17, 15) is 14.4 Å². The van der Waals surface area contributed by atoms with Crippen LogP contribution in [-0.4, -0.2) is 64.9 Å². The molecule has 0 bridgehead atoms. The number of aromatic amines is 1. The van der Waals surface area contributed by atoms with E-state index in [1.165, 1.54) is 18.4 Å². The fourth-order valence-electron chi connectivity index (χ4n) is 3.21. The summed E-state index contributed by atoms with van der Waals surface area (Å²) in [4.78, 5) is 48.3. The predicted molar refractivity (Wildman–Crippen MR) is 98.5 cm³/mol. The first-order valence-electron chi connectivity index (χ1n) is 8.55. The molecule has 0 radical (unpaired) electrons. The Bertz CT molecular complexity index is 896. The highest BCUT2D eigenvalue weighted by molar-refractivity contribution is 7.20. The van der Waals surface area contributed by atoms with Crippen molar-refractivity contribution in [2.24, 2.45) is 0 Å². The second-order valence-electron chi connectivity index (χ2n) is 6.23. The minimum absolute atomic E-state index is 0.0821. The number of methoxy groups -OCH3 is 1. The van der Waals surface area contributed by atoms with Gasteiger partial charge >= 0.3 is 5.97 Å². The summed E-state index contributed by atoms with van der Waals surface area (Å²) >= 11 is 1.20. The van der Waals surface area contributed by atoms with E-state index in [1.54, 1.807) is 6.92 Å². The topological polar surface area (TPSA) is 95.6 Å². The summed E-state index contributed by atoms with van der Waals surface area (Å²) in [5.41, 5.74) is 0.461. The van der Waals surface area contributed by atoms with Gasteiger partial charge in [-0.25, -0.2) is 9.78 Å². The maximum absolute atomic E-state index is 12.6. The van der Waals surface area contributed by atoms with Gasteiger partial charge in [-0.05, 0) is 12.0 Å². The van der Waals surface area contributed by atoms with E-state index < -0.39 is 5.97 Å². The number of H-pyrrole nitrogens is 1. The Morgan fingerprint density at radius 3 is 2.54 bits per heavy atom. The van der Waals surface area contributed by atoms with Gasteiger partial charge in [-0.15, -0.1) is 11.3 Å². The maximum Gasteiger partial charge on any atom is 0.348 e. The molecular formula is C17H22N4O4S. The molecule has 9 heteroatoms. The van der Waals surface area contributed by atoms with E-state index in [2.05, 4.69) is 14.9 Å². The molecule has 26 heavy (non-hydrogen) atoms. The van der Waals surface area contributed by atoms with Crippen molar-refractivity contribution < 1.29 is 14.3 Å². The van der Waals surface area contributed by atoms with Crippen LogP contribution in [0.1, 0.15) is 34.9 Å². The van der Waals surface area contributed by atoms with Crippen LogP contribution in [0.15, 0.2) is 4.79 Å². The van der Waals surface area contributed by atoms with Gasteiger partial charge in [0.1, 0.15) is 15.5 Å². The zero-order chi connectivity index (χ0) is 18.8. The van der Waals surface area contributed by atoms with Crippen LogP contribution in [0.25, 0.3) is 10.2 Å². The van der Waals surface area contributed by atoms with Gasteiger partial charge in [0.2, 0.25) is 5.91 Å². The van der Waals surface area contributed by atoms with E-state index in [-0.39, 0.29) is 11.5 Å². The number of hydrogen-bond acceptors (Lipinski definition) is 7. The number of piperazine rings is 1. The molecule has 1 fully saturated rings. The summed E-state index contributed by atoms with van der Waals surface area (Å²) in [7, 11) is 1.33. The zero-order valence-electron chi connectivity index (χ0n) is 15.1. The second-order valence-corrected chi connectivity index (χ2v) is 7.23. The number of nitrogens with zero attached hydrogens (tertiary/aromatic N) is 3. The zero-order valence-corrected chi connectivity index (χ0v) is 15.9. The summed E-state index contributed by atoms with van der Waals surface area (Å²) in [5.74, 6) is 0.212. The molecular weight excluding hydrogens is 356 g/mol. The van der Waals surface area contributed by atoms with Crippen LogP contribution >= 0.6 is 11.3 Å². The average molecular weight is 378 g/mol. The highest BCUT2D eigenvalue weighted by Crippen LogP contribution is 2.28. The molecule has 1 aliphatic rings. The molecule has 1 aliphatic heterocycles. The molecule has 2 aromatic rings. The van der Waals surface area contributed by atoms with Gasteiger partial charge < -0.3 is 14.6 Å². The third kappa shape index (κ3) is 3.49. The third-order valence-electron chi connectivity index (χ3n) is 4.63. The molecule has 1 saturated heterocycles. The van der Waals surface area contributed by atoms with E-state index in [4.69, 9.17) is 4.74 Å². The number of carbonyl (C=O) groups excluding carboxylic acids is 2. The van der Waals surface area contributed by atoms with Crippen molar-refractivity contribution >= 4 is 33.4 Å². The molecule has 0 saturated carbocycles. The summed E-state index contributed by atoms with van der Waals surface area (Å²) in [6, 6.07) is 0. The molecule has 0 aliphatic carbocycles. The number of rotatable bonds is 4. The molecule has 2 aromatic heterocycles. The quantitative estimate of drug-likeness (QED) is 0.798. The van der Waals surface area contributed by atoms with Crippen molar-refractivity contribution in [3.8, 4) is 0 Å². The number of thiophene rings is 1. The molecule has 0 unspecified atom stereocenters. The SMILES string of the molecule is CCc1c(C(=O)OC)sc2nc(CN3CCN(C(C)=O)CC3)[nH]c(=O)c12. The first-order chi connectivity index (χ1) is 12.4. The fraction of sp³-hybridized carbons (Fsp3) is 0.529. The number of aryl methyl sites for hydroxylation is 1. The molecule has 3 heterocycles. The number of nitrogens with one attached hydrogen (secondary N) is 1. The number of ether oxygens (including phenoxy) is 1. The van der Waals surface area contributed by atoms with Crippen molar-refractivity contribution in [2.45, 2.75) is 26.8 Å².